The maximum atomic E-state index is 13.2. The van der Waals surface area contributed by atoms with Gasteiger partial charge in [0.05, 0.1) is 0 Å². The van der Waals surface area contributed by atoms with Gasteiger partial charge in [0, 0.05) is 44.0 Å². The standard InChI is InChI=1S/C28H34N2O7S/c1-28(38(2,34)35,27(33)29-37-25-5-3-4-18-36-25)14-16-30-15-12-23-19-22(10-11-24(23)26(30)32)21-8-6-20(7-9-21)13-17-31/h6-12,15,19,25,31H,3-5,13-14,16-18H2,1-2H3,(H,29,33). The number of hydroxylamine groups is 1. The summed E-state index contributed by atoms with van der Waals surface area (Å²) in [5, 5.41) is 10.4. The number of rotatable bonds is 10. The van der Waals surface area contributed by atoms with Gasteiger partial charge in [-0.25, -0.2) is 18.7 Å². The second kappa shape index (κ2) is 11.8. The fraction of sp³-hybridized carbons (Fsp3) is 0.429. The Bertz CT molecular complexity index is 1440. The van der Waals surface area contributed by atoms with Crippen molar-refractivity contribution in [1.82, 2.24) is 10.0 Å². The largest absolute Gasteiger partial charge is 0.396 e. The van der Waals surface area contributed by atoms with E-state index in [1.54, 1.807) is 12.3 Å². The van der Waals surface area contributed by atoms with Crippen LogP contribution in [0.2, 0.25) is 0 Å². The molecule has 2 unspecified atom stereocenters. The maximum Gasteiger partial charge on any atom is 0.264 e. The highest BCUT2D eigenvalue weighted by atomic mass is 32.2. The number of hydrogen-bond donors (Lipinski definition) is 2. The molecule has 1 amide bonds. The average molecular weight is 543 g/mol. The van der Waals surface area contributed by atoms with Crippen LogP contribution in [-0.2, 0) is 37.2 Å². The van der Waals surface area contributed by atoms with Gasteiger partial charge in [0.15, 0.2) is 20.9 Å². The molecule has 0 aliphatic carbocycles. The molecule has 1 aliphatic heterocycles. The smallest absolute Gasteiger partial charge is 0.264 e. The van der Waals surface area contributed by atoms with Gasteiger partial charge in [0.2, 0.25) is 0 Å². The van der Waals surface area contributed by atoms with Gasteiger partial charge in [-0.05, 0) is 72.9 Å². The molecule has 2 N–H and O–H groups in total. The first kappa shape index (κ1) is 28.0. The molecule has 1 aliphatic rings. The van der Waals surface area contributed by atoms with E-state index < -0.39 is 26.8 Å². The molecule has 0 saturated carbocycles. The number of pyridine rings is 1. The van der Waals surface area contributed by atoms with Gasteiger partial charge in [-0.2, -0.15) is 0 Å². The third kappa shape index (κ3) is 6.15. The van der Waals surface area contributed by atoms with Crippen molar-refractivity contribution >= 4 is 26.5 Å². The van der Waals surface area contributed by atoms with Gasteiger partial charge in [-0.1, -0.05) is 30.3 Å². The van der Waals surface area contributed by atoms with E-state index in [0.717, 1.165) is 41.2 Å². The van der Waals surface area contributed by atoms with Crippen LogP contribution in [0.5, 0.6) is 0 Å². The lowest BCUT2D eigenvalue weighted by Crippen LogP contribution is -2.51. The van der Waals surface area contributed by atoms with E-state index in [2.05, 4.69) is 5.48 Å². The molecule has 9 nitrogen and oxygen atoms in total. The first-order valence-electron chi connectivity index (χ1n) is 12.7. The highest BCUT2D eigenvalue weighted by molar-refractivity contribution is 7.92. The van der Waals surface area contributed by atoms with Crippen molar-refractivity contribution in [2.24, 2.45) is 0 Å². The normalized spacial score (nSPS) is 17.7. The van der Waals surface area contributed by atoms with Crippen LogP contribution < -0.4 is 11.0 Å². The molecule has 0 radical (unpaired) electrons. The summed E-state index contributed by atoms with van der Waals surface area (Å²) in [6.45, 7) is 1.98. The SMILES string of the molecule is CC(CCn1ccc2cc(-c3ccc(CCO)cc3)ccc2c1=O)(C(=O)NOC1CCCCO1)S(C)(=O)=O. The number of amides is 1. The molecule has 3 aromatic rings. The Labute approximate surface area is 222 Å². The summed E-state index contributed by atoms with van der Waals surface area (Å²) in [5.74, 6) is -0.794. The topological polar surface area (TPSA) is 124 Å². The Hall–Kier alpha value is -3.05. The zero-order valence-electron chi connectivity index (χ0n) is 21.7. The maximum absolute atomic E-state index is 13.2. The molecule has 1 aromatic heterocycles. The molecule has 1 saturated heterocycles. The van der Waals surface area contributed by atoms with Crippen molar-refractivity contribution in [1.29, 1.82) is 0 Å². The van der Waals surface area contributed by atoms with E-state index in [-0.39, 0.29) is 25.1 Å². The van der Waals surface area contributed by atoms with Crippen LogP contribution in [0.3, 0.4) is 0 Å². The Morgan fingerprint density at radius 3 is 2.55 bits per heavy atom. The zero-order valence-corrected chi connectivity index (χ0v) is 22.5. The molecule has 2 atom stereocenters. The van der Waals surface area contributed by atoms with Crippen LogP contribution in [0, 0.1) is 0 Å². The lowest BCUT2D eigenvalue weighted by Gasteiger charge is -2.28. The van der Waals surface area contributed by atoms with Gasteiger partial charge in [-0.15, -0.1) is 0 Å². The van der Waals surface area contributed by atoms with Crippen LogP contribution in [0.1, 0.15) is 38.2 Å². The van der Waals surface area contributed by atoms with Gasteiger partial charge < -0.3 is 14.4 Å². The van der Waals surface area contributed by atoms with E-state index >= 15 is 0 Å². The second-order valence-electron chi connectivity index (χ2n) is 9.89. The van der Waals surface area contributed by atoms with Crippen molar-refractivity contribution < 1.29 is 27.9 Å². The summed E-state index contributed by atoms with van der Waals surface area (Å²) in [4.78, 5) is 31.5. The average Bonchev–Trinajstić information content (AvgIpc) is 2.91. The van der Waals surface area contributed by atoms with Crippen LogP contribution in [0.4, 0.5) is 0 Å². The molecular formula is C28H34N2O7S. The predicted octanol–water partition coefficient (Wildman–Crippen LogP) is 2.97. The lowest BCUT2D eigenvalue weighted by molar-refractivity contribution is -0.201. The molecule has 0 spiro atoms. The molecule has 0 bridgehead atoms. The van der Waals surface area contributed by atoms with Gasteiger partial charge in [-0.3, -0.25) is 9.59 Å². The number of nitrogens with one attached hydrogen (secondary N) is 1. The molecular weight excluding hydrogens is 508 g/mol. The Kier molecular flexibility index (Phi) is 8.67. The fourth-order valence-corrected chi connectivity index (χ4v) is 5.31. The Morgan fingerprint density at radius 2 is 1.89 bits per heavy atom. The summed E-state index contributed by atoms with van der Waals surface area (Å²) in [7, 11) is -3.85. The van der Waals surface area contributed by atoms with Crippen LogP contribution >= 0.6 is 0 Å². The number of aryl methyl sites for hydroxylation is 1. The van der Waals surface area contributed by atoms with Gasteiger partial charge >= 0.3 is 0 Å². The van der Waals surface area contributed by atoms with Crippen LogP contribution in [0.15, 0.2) is 59.5 Å². The highest BCUT2D eigenvalue weighted by Crippen LogP contribution is 2.25. The van der Waals surface area contributed by atoms with Crippen molar-refractivity contribution in [2.45, 2.75) is 56.6 Å². The number of aliphatic hydroxyl groups is 1. The number of aliphatic hydroxyl groups excluding tert-OH is 1. The first-order valence-corrected chi connectivity index (χ1v) is 14.6. The Balaban J connectivity index is 1.51. The lowest BCUT2D eigenvalue weighted by atomic mass is 10.0. The summed E-state index contributed by atoms with van der Waals surface area (Å²) in [6, 6.07) is 15.3. The van der Waals surface area contributed by atoms with Crippen molar-refractivity contribution in [3.63, 3.8) is 0 Å². The number of aromatic nitrogens is 1. The molecule has 38 heavy (non-hydrogen) atoms. The fourth-order valence-electron chi connectivity index (χ4n) is 4.47. The monoisotopic (exact) mass is 542 g/mol. The van der Waals surface area contributed by atoms with Crippen molar-refractivity contribution in [2.75, 3.05) is 19.5 Å². The molecule has 204 valence electrons. The van der Waals surface area contributed by atoms with Crippen molar-refractivity contribution in [3.05, 3.63) is 70.6 Å². The number of ether oxygens (including phenoxy) is 1. The van der Waals surface area contributed by atoms with E-state index in [1.807, 2.05) is 42.5 Å². The summed E-state index contributed by atoms with van der Waals surface area (Å²) >= 11 is 0. The van der Waals surface area contributed by atoms with Crippen LogP contribution in [-0.4, -0.2) is 54.5 Å². The third-order valence-electron chi connectivity index (χ3n) is 7.21. The number of hydrogen-bond acceptors (Lipinski definition) is 7. The number of carbonyl (C=O) groups excluding carboxylic acids is 1. The predicted molar refractivity (Wildman–Crippen MR) is 145 cm³/mol. The molecule has 2 aromatic carbocycles. The van der Waals surface area contributed by atoms with E-state index in [9.17, 15) is 18.0 Å². The molecule has 4 rings (SSSR count). The third-order valence-corrected chi connectivity index (χ3v) is 9.24. The van der Waals surface area contributed by atoms with Crippen molar-refractivity contribution in [3.8, 4) is 11.1 Å². The number of carbonyl (C=O) groups is 1. The number of fused-ring (bicyclic) bond motifs is 1. The van der Waals surface area contributed by atoms with E-state index in [1.165, 1.54) is 11.5 Å². The van der Waals surface area contributed by atoms with Crippen LogP contribution in [0.25, 0.3) is 21.9 Å². The second-order valence-corrected chi connectivity index (χ2v) is 12.3. The van der Waals surface area contributed by atoms with Gasteiger partial charge in [0.25, 0.3) is 11.5 Å². The van der Waals surface area contributed by atoms with E-state index in [4.69, 9.17) is 14.7 Å². The van der Waals surface area contributed by atoms with Gasteiger partial charge in [0.1, 0.15) is 0 Å². The minimum absolute atomic E-state index is 0.0275. The zero-order chi connectivity index (χ0) is 27.3. The minimum Gasteiger partial charge on any atom is -0.396 e. The number of nitrogens with zero attached hydrogens (tertiary/aromatic N) is 1. The quantitative estimate of drug-likeness (QED) is 0.378. The summed E-state index contributed by atoms with van der Waals surface area (Å²) in [5.41, 5.74) is 4.99. The highest BCUT2D eigenvalue weighted by Gasteiger charge is 2.44. The minimum atomic E-state index is -3.85. The summed E-state index contributed by atoms with van der Waals surface area (Å²) < 4.78 is 30.3. The molecule has 1 fully saturated rings. The Morgan fingerprint density at radius 1 is 1.16 bits per heavy atom. The summed E-state index contributed by atoms with van der Waals surface area (Å²) in [6.07, 6.45) is 4.91. The first-order chi connectivity index (χ1) is 18.1. The molecule has 10 heteroatoms. The number of sulfone groups is 1. The number of benzene rings is 2. The molecule has 2 heterocycles. The van der Waals surface area contributed by atoms with E-state index in [0.29, 0.717) is 24.8 Å².